The smallest absolute Gasteiger partial charge is 0.318 e. The van der Waals surface area contributed by atoms with Gasteiger partial charge in [0.1, 0.15) is 18.0 Å². The fraction of sp³-hybridized carbons (Fsp3) is 0.529. The number of ether oxygens (including phenoxy) is 1. The van der Waals surface area contributed by atoms with Crippen molar-refractivity contribution in [2.75, 3.05) is 26.2 Å². The topological polar surface area (TPSA) is 70.7 Å². The largest absolute Gasteiger partial charge is 0.370 e. The highest BCUT2D eigenvalue weighted by molar-refractivity contribution is 5.87. The first-order valence-corrected chi connectivity index (χ1v) is 8.34. The average Bonchev–Trinajstić information content (AvgIpc) is 2.80. The molecule has 1 aromatic rings. The van der Waals surface area contributed by atoms with Crippen LogP contribution >= 0.6 is 0 Å². The number of amides is 3. The van der Waals surface area contributed by atoms with Gasteiger partial charge in [-0.1, -0.05) is 12.1 Å². The molecular weight excluding hydrogens is 313 g/mol. The molecule has 6 nitrogen and oxygen atoms in total. The number of morpholine rings is 1. The maximum atomic E-state index is 13.0. The Hall–Kier alpha value is -2.15. The second kappa shape index (κ2) is 7.61. The first-order chi connectivity index (χ1) is 11.6. The molecule has 0 saturated carbocycles. The van der Waals surface area contributed by atoms with Crippen molar-refractivity contribution in [1.82, 2.24) is 15.5 Å². The second-order valence-electron chi connectivity index (χ2n) is 6.15. The number of benzene rings is 1. The zero-order valence-electron chi connectivity index (χ0n) is 13.5. The Morgan fingerprint density at radius 1 is 1.29 bits per heavy atom. The first-order valence-electron chi connectivity index (χ1n) is 8.34. The molecule has 0 bridgehead atoms. The molecule has 3 amide bonds. The van der Waals surface area contributed by atoms with E-state index in [0.29, 0.717) is 32.7 Å². The monoisotopic (exact) mass is 335 g/mol. The first kappa shape index (κ1) is 16.7. The van der Waals surface area contributed by atoms with Crippen LogP contribution in [0.15, 0.2) is 24.3 Å². The van der Waals surface area contributed by atoms with Gasteiger partial charge in [-0.25, -0.2) is 9.18 Å². The number of halogens is 1. The minimum atomic E-state index is -0.480. The molecular formula is C17H22FN3O3. The fourth-order valence-electron chi connectivity index (χ4n) is 3.03. The van der Waals surface area contributed by atoms with E-state index in [1.54, 1.807) is 17.0 Å². The van der Waals surface area contributed by atoms with Crippen molar-refractivity contribution in [2.24, 2.45) is 0 Å². The van der Waals surface area contributed by atoms with Gasteiger partial charge < -0.3 is 20.3 Å². The van der Waals surface area contributed by atoms with E-state index in [1.165, 1.54) is 12.1 Å². The molecule has 130 valence electrons. The summed E-state index contributed by atoms with van der Waals surface area (Å²) in [5.41, 5.74) is 0.834. The van der Waals surface area contributed by atoms with Crippen molar-refractivity contribution in [3.05, 3.63) is 35.6 Å². The van der Waals surface area contributed by atoms with Crippen LogP contribution in [0, 0.1) is 5.82 Å². The molecule has 0 spiro atoms. The summed E-state index contributed by atoms with van der Waals surface area (Å²) in [5, 5.41) is 5.63. The quantitative estimate of drug-likeness (QED) is 0.862. The number of hydrogen-bond donors (Lipinski definition) is 2. The van der Waals surface area contributed by atoms with Crippen LogP contribution < -0.4 is 10.6 Å². The molecule has 3 rings (SSSR count). The summed E-state index contributed by atoms with van der Waals surface area (Å²) in [6.07, 6.45) is 2.21. The average molecular weight is 335 g/mol. The molecule has 0 aromatic heterocycles. The van der Waals surface area contributed by atoms with Crippen LogP contribution in [0.3, 0.4) is 0 Å². The van der Waals surface area contributed by atoms with Crippen molar-refractivity contribution in [2.45, 2.75) is 31.4 Å². The fourth-order valence-corrected chi connectivity index (χ4v) is 3.03. The summed E-state index contributed by atoms with van der Waals surface area (Å²) in [7, 11) is 0. The number of hydrogen-bond acceptors (Lipinski definition) is 3. The minimum Gasteiger partial charge on any atom is -0.370 e. The van der Waals surface area contributed by atoms with Gasteiger partial charge in [-0.3, -0.25) is 4.79 Å². The molecule has 0 aliphatic carbocycles. The number of carbonyl (C=O) groups excluding carboxylic acids is 2. The van der Waals surface area contributed by atoms with E-state index >= 15 is 0 Å². The molecule has 24 heavy (non-hydrogen) atoms. The highest BCUT2D eigenvalue weighted by Gasteiger charge is 2.29. The van der Waals surface area contributed by atoms with Gasteiger partial charge in [-0.05, 0) is 37.0 Å². The molecule has 2 aliphatic rings. The molecule has 2 heterocycles. The van der Waals surface area contributed by atoms with E-state index in [-0.39, 0.29) is 23.9 Å². The van der Waals surface area contributed by atoms with Crippen molar-refractivity contribution in [3.63, 3.8) is 0 Å². The Labute approximate surface area is 140 Å². The predicted molar refractivity (Wildman–Crippen MR) is 85.8 cm³/mol. The van der Waals surface area contributed by atoms with Gasteiger partial charge >= 0.3 is 6.03 Å². The molecule has 7 heteroatoms. The van der Waals surface area contributed by atoms with Gasteiger partial charge in [-0.2, -0.15) is 0 Å². The standard InChI is InChI=1S/C17H22FN3O3/c18-13-6-4-12(5-7-13)15-11-21(9-10-24-15)17(23)20-14-3-1-2-8-19-16(14)22/h4-7,14-15H,1-3,8-11H2,(H,19,22)(H,20,23)/t14-,15+/m1/s1. The third-order valence-electron chi connectivity index (χ3n) is 4.43. The number of rotatable bonds is 2. The molecule has 2 atom stereocenters. The lowest BCUT2D eigenvalue weighted by molar-refractivity contribution is -0.122. The van der Waals surface area contributed by atoms with Crippen molar-refractivity contribution in [3.8, 4) is 0 Å². The van der Waals surface area contributed by atoms with E-state index in [1.807, 2.05) is 0 Å². The normalized spacial score (nSPS) is 24.9. The summed E-state index contributed by atoms with van der Waals surface area (Å²) >= 11 is 0. The lowest BCUT2D eigenvalue weighted by atomic mass is 10.1. The van der Waals surface area contributed by atoms with Crippen LogP contribution in [0.1, 0.15) is 30.9 Å². The number of nitrogens with zero attached hydrogens (tertiary/aromatic N) is 1. The van der Waals surface area contributed by atoms with Crippen molar-refractivity contribution < 1.29 is 18.7 Å². The number of nitrogens with one attached hydrogen (secondary N) is 2. The van der Waals surface area contributed by atoms with E-state index in [4.69, 9.17) is 4.74 Å². The van der Waals surface area contributed by atoms with Crippen LogP contribution in [0.4, 0.5) is 9.18 Å². The Morgan fingerprint density at radius 3 is 2.88 bits per heavy atom. The molecule has 0 unspecified atom stereocenters. The van der Waals surface area contributed by atoms with Crippen LogP contribution in [0.2, 0.25) is 0 Å². The van der Waals surface area contributed by atoms with E-state index < -0.39 is 6.04 Å². The summed E-state index contributed by atoms with van der Waals surface area (Å²) < 4.78 is 18.7. The van der Waals surface area contributed by atoms with Crippen LogP contribution in [-0.2, 0) is 9.53 Å². The molecule has 2 aliphatic heterocycles. The summed E-state index contributed by atoms with van der Waals surface area (Å²) in [5.74, 6) is -0.423. The Balaban J connectivity index is 1.60. The summed E-state index contributed by atoms with van der Waals surface area (Å²) in [4.78, 5) is 26.1. The van der Waals surface area contributed by atoms with Gasteiger partial charge in [0.25, 0.3) is 0 Å². The van der Waals surface area contributed by atoms with Crippen LogP contribution in [0.5, 0.6) is 0 Å². The SMILES string of the molecule is O=C1NCCCC[C@H]1NC(=O)N1CCO[C@H](c2ccc(F)cc2)C1. The zero-order valence-corrected chi connectivity index (χ0v) is 13.5. The van der Waals surface area contributed by atoms with E-state index in [9.17, 15) is 14.0 Å². The Morgan fingerprint density at radius 2 is 2.08 bits per heavy atom. The molecule has 2 N–H and O–H groups in total. The van der Waals surface area contributed by atoms with Crippen LogP contribution in [-0.4, -0.2) is 49.1 Å². The highest BCUT2D eigenvalue weighted by atomic mass is 19.1. The third kappa shape index (κ3) is 4.03. The lowest BCUT2D eigenvalue weighted by Crippen LogP contribution is -2.53. The maximum absolute atomic E-state index is 13.0. The molecule has 0 radical (unpaired) electrons. The highest BCUT2D eigenvalue weighted by Crippen LogP contribution is 2.22. The van der Waals surface area contributed by atoms with Crippen molar-refractivity contribution in [1.29, 1.82) is 0 Å². The minimum absolute atomic E-state index is 0.121. The predicted octanol–water partition coefficient (Wildman–Crippen LogP) is 1.58. The molecule has 2 fully saturated rings. The van der Waals surface area contributed by atoms with Crippen molar-refractivity contribution >= 4 is 11.9 Å². The number of urea groups is 1. The number of carbonyl (C=O) groups is 2. The summed E-state index contributed by atoms with van der Waals surface area (Å²) in [6.45, 7) is 1.92. The lowest BCUT2D eigenvalue weighted by Gasteiger charge is -2.34. The third-order valence-corrected chi connectivity index (χ3v) is 4.43. The van der Waals surface area contributed by atoms with Gasteiger partial charge in [0.2, 0.25) is 5.91 Å². The van der Waals surface area contributed by atoms with Gasteiger partial charge in [0.15, 0.2) is 0 Å². The zero-order chi connectivity index (χ0) is 16.9. The van der Waals surface area contributed by atoms with Gasteiger partial charge in [-0.15, -0.1) is 0 Å². The Bertz CT molecular complexity index is 593. The van der Waals surface area contributed by atoms with Gasteiger partial charge in [0, 0.05) is 13.1 Å². The molecule has 2 saturated heterocycles. The molecule has 1 aromatic carbocycles. The van der Waals surface area contributed by atoms with E-state index in [0.717, 1.165) is 18.4 Å². The Kier molecular flexibility index (Phi) is 5.30. The summed E-state index contributed by atoms with van der Waals surface area (Å²) in [6, 6.07) is 5.36. The van der Waals surface area contributed by atoms with Crippen LogP contribution in [0.25, 0.3) is 0 Å². The second-order valence-corrected chi connectivity index (χ2v) is 6.15. The van der Waals surface area contributed by atoms with E-state index in [2.05, 4.69) is 10.6 Å². The van der Waals surface area contributed by atoms with Gasteiger partial charge in [0.05, 0.1) is 13.2 Å². The maximum Gasteiger partial charge on any atom is 0.318 e.